The number of nitrogens with two attached hydrogens (primary N) is 1. The highest BCUT2D eigenvalue weighted by atomic mass is 16.5. The third-order valence-corrected chi connectivity index (χ3v) is 3.11. The smallest absolute Gasteiger partial charge is 0.335 e. The highest BCUT2D eigenvalue weighted by Gasteiger charge is 2.20. The standard InChI is InChI=1S/C14H20N2O4/c1-16(13(17)12(9-15)20-2)8-7-10-5-3-4-6-11(10)14(18)19/h3-6,12H,7-9,15H2,1-2H3,(H,18,19). The quantitative estimate of drug-likeness (QED) is 0.752. The minimum atomic E-state index is -0.966. The number of amides is 1. The van der Waals surface area contributed by atoms with Gasteiger partial charge in [0.1, 0.15) is 6.10 Å². The van der Waals surface area contributed by atoms with Crippen molar-refractivity contribution in [1.29, 1.82) is 0 Å². The average molecular weight is 280 g/mol. The molecule has 0 aromatic heterocycles. The van der Waals surface area contributed by atoms with Crippen LogP contribution in [0.5, 0.6) is 0 Å². The van der Waals surface area contributed by atoms with Gasteiger partial charge >= 0.3 is 5.97 Å². The predicted molar refractivity (Wildman–Crippen MR) is 74.6 cm³/mol. The molecule has 0 aliphatic rings. The summed E-state index contributed by atoms with van der Waals surface area (Å²) < 4.78 is 4.99. The van der Waals surface area contributed by atoms with E-state index in [1.54, 1.807) is 31.3 Å². The van der Waals surface area contributed by atoms with Gasteiger partial charge in [0.2, 0.25) is 0 Å². The first-order chi connectivity index (χ1) is 9.51. The number of carbonyl (C=O) groups is 2. The molecule has 0 saturated heterocycles. The van der Waals surface area contributed by atoms with E-state index in [2.05, 4.69) is 0 Å². The number of nitrogens with zero attached hydrogens (tertiary/aromatic N) is 1. The van der Waals surface area contributed by atoms with Crippen molar-refractivity contribution in [2.24, 2.45) is 5.73 Å². The maximum absolute atomic E-state index is 11.9. The van der Waals surface area contributed by atoms with E-state index in [1.165, 1.54) is 12.0 Å². The Morgan fingerprint density at radius 3 is 2.60 bits per heavy atom. The summed E-state index contributed by atoms with van der Waals surface area (Å²) in [5, 5.41) is 9.09. The first kappa shape index (κ1) is 16.1. The van der Waals surface area contributed by atoms with Gasteiger partial charge in [0.15, 0.2) is 0 Å². The molecule has 0 fully saturated rings. The number of hydrogen-bond acceptors (Lipinski definition) is 4. The zero-order chi connectivity index (χ0) is 15.1. The molecule has 20 heavy (non-hydrogen) atoms. The van der Waals surface area contributed by atoms with Crippen molar-refractivity contribution in [3.63, 3.8) is 0 Å². The van der Waals surface area contributed by atoms with Crippen LogP contribution in [0.3, 0.4) is 0 Å². The number of hydrogen-bond donors (Lipinski definition) is 2. The summed E-state index contributed by atoms with van der Waals surface area (Å²) in [6, 6.07) is 6.76. The molecule has 1 atom stereocenters. The molecule has 0 bridgehead atoms. The van der Waals surface area contributed by atoms with Gasteiger partial charge in [0, 0.05) is 27.2 Å². The van der Waals surface area contributed by atoms with Crippen LogP contribution in [-0.2, 0) is 16.0 Å². The lowest BCUT2D eigenvalue weighted by Crippen LogP contribution is -2.42. The molecule has 1 amide bonds. The van der Waals surface area contributed by atoms with Crippen molar-refractivity contribution < 1.29 is 19.4 Å². The SMILES string of the molecule is COC(CN)C(=O)N(C)CCc1ccccc1C(=O)O. The molecule has 110 valence electrons. The number of benzene rings is 1. The van der Waals surface area contributed by atoms with Crippen LogP contribution < -0.4 is 5.73 Å². The maximum Gasteiger partial charge on any atom is 0.335 e. The summed E-state index contributed by atoms with van der Waals surface area (Å²) in [6.07, 6.45) is -0.194. The van der Waals surface area contributed by atoms with Crippen LogP contribution in [0.25, 0.3) is 0 Å². The molecule has 0 saturated carbocycles. The molecule has 1 unspecified atom stereocenters. The Kier molecular flexibility index (Phi) is 6.14. The number of methoxy groups -OCH3 is 1. The first-order valence-electron chi connectivity index (χ1n) is 6.30. The summed E-state index contributed by atoms with van der Waals surface area (Å²) in [5.74, 6) is -1.17. The van der Waals surface area contributed by atoms with E-state index < -0.39 is 12.1 Å². The van der Waals surface area contributed by atoms with Gasteiger partial charge in [-0.05, 0) is 18.1 Å². The number of carbonyl (C=O) groups excluding carboxylic acids is 1. The first-order valence-corrected chi connectivity index (χ1v) is 6.30. The number of rotatable bonds is 7. The summed E-state index contributed by atoms with van der Waals surface area (Å²) in [7, 11) is 3.08. The molecule has 1 aromatic rings. The molecule has 6 nitrogen and oxygen atoms in total. The monoisotopic (exact) mass is 280 g/mol. The largest absolute Gasteiger partial charge is 0.478 e. The van der Waals surface area contributed by atoms with Crippen LogP contribution in [0.4, 0.5) is 0 Å². The van der Waals surface area contributed by atoms with E-state index in [4.69, 9.17) is 15.6 Å². The number of carboxylic acids is 1. The van der Waals surface area contributed by atoms with E-state index in [0.717, 1.165) is 0 Å². The second-order valence-corrected chi connectivity index (χ2v) is 4.43. The summed E-state index contributed by atoms with van der Waals surface area (Å²) in [5.41, 5.74) is 6.40. The van der Waals surface area contributed by atoms with Crippen LogP contribution in [0, 0.1) is 0 Å². The highest BCUT2D eigenvalue weighted by molar-refractivity contribution is 5.89. The second-order valence-electron chi connectivity index (χ2n) is 4.43. The lowest BCUT2D eigenvalue weighted by molar-refractivity contribution is -0.139. The number of aromatic carboxylic acids is 1. The molecular formula is C14H20N2O4. The minimum absolute atomic E-state index is 0.116. The van der Waals surface area contributed by atoms with Crippen molar-refractivity contribution >= 4 is 11.9 Å². The highest BCUT2D eigenvalue weighted by Crippen LogP contribution is 2.10. The Balaban J connectivity index is 2.68. The number of likely N-dealkylation sites (N-methyl/N-ethyl adjacent to an activating group) is 1. The van der Waals surface area contributed by atoms with Crippen LogP contribution >= 0.6 is 0 Å². The van der Waals surface area contributed by atoms with Gasteiger partial charge in [0.25, 0.3) is 5.91 Å². The van der Waals surface area contributed by atoms with Crippen LogP contribution in [0.1, 0.15) is 15.9 Å². The fourth-order valence-electron chi connectivity index (χ4n) is 1.89. The molecule has 1 aromatic carbocycles. The topological polar surface area (TPSA) is 92.9 Å². The fourth-order valence-corrected chi connectivity index (χ4v) is 1.89. The number of carboxylic acid groups (broad SMARTS) is 1. The third-order valence-electron chi connectivity index (χ3n) is 3.11. The van der Waals surface area contributed by atoms with Gasteiger partial charge in [-0.3, -0.25) is 4.79 Å². The van der Waals surface area contributed by atoms with E-state index in [9.17, 15) is 9.59 Å². The summed E-state index contributed by atoms with van der Waals surface area (Å²) in [6.45, 7) is 0.522. The molecule has 1 rings (SSSR count). The Morgan fingerprint density at radius 1 is 1.40 bits per heavy atom. The van der Waals surface area contributed by atoms with Gasteiger partial charge in [-0.1, -0.05) is 18.2 Å². The van der Waals surface area contributed by atoms with E-state index in [1.807, 2.05) is 0 Å². The lowest BCUT2D eigenvalue weighted by atomic mass is 10.0. The van der Waals surface area contributed by atoms with E-state index in [-0.39, 0.29) is 18.0 Å². The van der Waals surface area contributed by atoms with Crippen molar-refractivity contribution in [2.75, 3.05) is 27.2 Å². The van der Waals surface area contributed by atoms with Crippen molar-refractivity contribution in [3.05, 3.63) is 35.4 Å². The Morgan fingerprint density at radius 2 is 2.05 bits per heavy atom. The molecule has 0 heterocycles. The molecule has 0 spiro atoms. The van der Waals surface area contributed by atoms with Crippen molar-refractivity contribution in [1.82, 2.24) is 4.90 Å². The predicted octanol–water partition coefficient (Wildman–Crippen LogP) is 0.359. The van der Waals surface area contributed by atoms with Crippen LogP contribution in [0.2, 0.25) is 0 Å². The number of ether oxygens (including phenoxy) is 1. The Hall–Kier alpha value is -1.92. The normalized spacial score (nSPS) is 11.9. The fraction of sp³-hybridized carbons (Fsp3) is 0.429. The second kappa shape index (κ2) is 7.62. The zero-order valence-electron chi connectivity index (χ0n) is 11.7. The van der Waals surface area contributed by atoms with E-state index in [0.29, 0.717) is 18.5 Å². The molecule has 6 heteroatoms. The molecule has 3 N–H and O–H groups in total. The van der Waals surface area contributed by atoms with Crippen LogP contribution in [0.15, 0.2) is 24.3 Å². The van der Waals surface area contributed by atoms with Crippen molar-refractivity contribution in [2.45, 2.75) is 12.5 Å². The molecule has 0 radical (unpaired) electrons. The summed E-state index contributed by atoms with van der Waals surface area (Å²) in [4.78, 5) is 24.5. The third kappa shape index (κ3) is 4.04. The van der Waals surface area contributed by atoms with Gasteiger partial charge in [0.05, 0.1) is 5.56 Å². The lowest BCUT2D eigenvalue weighted by Gasteiger charge is -2.22. The Labute approximate surface area is 118 Å². The summed E-state index contributed by atoms with van der Waals surface area (Å²) >= 11 is 0. The molecule has 0 aliphatic heterocycles. The van der Waals surface area contributed by atoms with E-state index >= 15 is 0 Å². The van der Waals surface area contributed by atoms with Gasteiger partial charge in [-0.2, -0.15) is 0 Å². The minimum Gasteiger partial charge on any atom is -0.478 e. The zero-order valence-corrected chi connectivity index (χ0v) is 11.7. The van der Waals surface area contributed by atoms with Gasteiger partial charge in [-0.25, -0.2) is 4.79 Å². The van der Waals surface area contributed by atoms with Crippen molar-refractivity contribution in [3.8, 4) is 0 Å². The van der Waals surface area contributed by atoms with Crippen LogP contribution in [-0.4, -0.2) is 55.2 Å². The molecule has 0 aliphatic carbocycles. The maximum atomic E-state index is 11.9. The van der Waals surface area contributed by atoms with Gasteiger partial charge < -0.3 is 20.5 Å². The Bertz CT molecular complexity index is 472. The molecular weight excluding hydrogens is 260 g/mol. The van der Waals surface area contributed by atoms with Gasteiger partial charge in [-0.15, -0.1) is 0 Å². The average Bonchev–Trinajstić information content (AvgIpc) is 2.46.